The van der Waals surface area contributed by atoms with Crippen LogP contribution in [0, 0.1) is 5.82 Å². The van der Waals surface area contributed by atoms with Gasteiger partial charge in [0.1, 0.15) is 5.82 Å². The normalized spacial score (nSPS) is 30.4. The summed E-state index contributed by atoms with van der Waals surface area (Å²) in [5, 5.41) is 0. The summed E-state index contributed by atoms with van der Waals surface area (Å²) in [7, 11) is 1.73. The van der Waals surface area contributed by atoms with Crippen molar-refractivity contribution >= 4 is 0 Å². The minimum Gasteiger partial charge on any atom is -0.382 e. The Kier molecular flexibility index (Phi) is 4.34. The molecule has 0 aromatic heterocycles. The third-order valence-electron chi connectivity index (χ3n) is 4.40. The highest BCUT2D eigenvalue weighted by Crippen LogP contribution is 2.32. The number of hydrogen-bond donors (Lipinski definition) is 0. The molecule has 2 saturated heterocycles. The molecule has 2 aliphatic heterocycles. The number of benzene rings is 1. The number of nitrogens with zero attached hydrogens (tertiary/aromatic N) is 1. The van der Waals surface area contributed by atoms with Crippen molar-refractivity contribution in [2.24, 2.45) is 0 Å². The van der Waals surface area contributed by atoms with E-state index in [-0.39, 0.29) is 11.9 Å². The quantitative estimate of drug-likeness (QED) is 0.845. The van der Waals surface area contributed by atoms with Gasteiger partial charge in [-0.25, -0.2) is 4.39 Å². The molecule has 1 aromatic rings. The molecule has 0 saturated carbocycles. The minimum atomic E-state index is -0.170. The third kappa shape index (κ3) is 3.03. The third-order valence-corrected chi connectivity index (χ3v) is 4.40. The van der Waals surface area contributed by atoms with Crippen LogP contribution in [-0.4, -0.2) is 43.4 Å². The van der Waals surface area contributed by atoms with Crippen molar-refractivity contribution < 1.29 is 13.9 Å². The summed E-state index contributed by atoms with van der Waals surface area (Å²) in [6.45, 7) is 2.65. The minimum absolute atomic E-state index is 0.170. The van der Waals surface area contributed by atoms with Gasteiger partial charge in [-0.1, -0.05) is 12.1 Å². The Bertz CT molecular complexity index is 437. The van der Waals surface area contributed by atoms with Crippen LogP contribution in [0.5, 0.6) is 0 Å². The van der Waals surface area contributed by atoms with Crippen molar-refractivity contribution in [2.45, 2.75) is 44.1 Å². The lowest BCUT2D eigenvalue weighted by atomic mass is 9.99. The molecule has 0 radical (unpaired) electrons. The summed E-state index contributed by atoms with van der Waals surface area (Å²) < 4.78 is 24.2. The standard InChI is InChI=1S/C16H22FNO2/c1-19-11-14-6-7-15-16(20-14)8-9-18(15)10-12-2-4-13(17)5-3-12/h2-5,14-16H,6-11H2,1H3/t14-,15-,16-/m0/s1. The number of hydrogen-bond acceptors (Lipinski definition) is 3. The zero-order valence-electron chi connectivity index (χ0n) is 11.9. The second-order valence-electron chi connectivity index (χ2n) is 5.78. The number of fused-ring (bicyclic) bond motifs is 1. The maximum Gasteiger partial charge on any atom is 0.123 e. The first-order chi connectivity index (χ1) is 9.76. The van der Waals surface area contributed by atoms with Gasteiger partial charge >= 0.3 is 0 Å². The highest BCUT2D eigenvalue weighted by Gasteiger charge is 2.39. The van der Waals surface area contributed by atoms with E-state index in [0.29, 0.717) is 18.8 Å². The van der Waals surface area contributed by atoms with Gasteiger partial charge in [-0.05, 0) is 37.0 Å². The largest absolute Gasteiger partial charge is 0.382 e. The molecule has 110 valence electrons. The smallest absolute Gasteiger partial charge is 0.123 e. The highest BCUT2D eigenvalue weighted by atomic mass is 19.1. The van der Waals surface area contributed by atoms with Gasteiger partial charge < -0.3 is 9.47 Å². The fourth-order valence-electron chi connectivity index (χ4n) is 3.41. The first kappa shape index (κ1) is 14.0. The van der Waals surface area contributed by atoms with E-state index >= 15 is 0 Å². The molecule has 3 nitrogen and oxygen atoms in total. The number of likely N-dealkylation sites (tertiary alicyclic amines) is 1. The lowest BCUT2D eigenvalue weighted by Crippen LogP contribution is -2.43. The first-order valence-corrected chi connectivity index (χ1v) is 7.39. The molecule has 2 heterocycles. The van der Waals surface area contributed by atoms with Gasteiger partial charge in [0, 0.05) is 26.2 Å². The Labute approximate surface area is 119 Å². The van der Waals surface area contributed by atoms with Crippen LogP contribution in [0.2, 0.25) is 0 Å². The fraction of sp³-hybridized carbons (Fsp3) is 0.625. The van der Waals surface area contributed by atoms with Crippen molar-refractivity contribution in [3.8, 4) is 0 Å². The lowest BCUT2D eigenvalue weighted by Gasteiger charge is -2.35. The van der Waals surface area contributed by atoms with Gasteiger partial charge in [0.25, 0.3) is 0 Å². The van der Waals surface area contributed by atoms with E-state index in [9.17, 15) is 4.39 Å². The zero-order valence-corrected chi connectivity index (χ0v) is 11.9. The van der Waals surface area contributed by atoms with Gasteiger partial charge in [0.05, 0.1) is 18.8 Å². The van der Waals surface area contributed by atoms with E-state index < -0.39 is 0 Å². The number of rotatable bonds is 4. The predicted octanol–water partition coefficient (Wildman–Crippen LogP) is 2.59. The van der Waals surface area contributed by atoms with Crippen LogP contribution in [0.1, 0.15) is 24.8 Å². The highest BCUT2D eigenvalue weighted by molar-refractivity contribution is 5.16. The van der Waals surface area contributed by atoms with Gasteiger partial charge in [-0.15, -0.1) is 0 Å². The van der Waals surface area contributed by atoms with Crippen LogP contribution in [-0.2, 0) is 16.0 Å². The molecule has 3 rings (SSSR count). The van der Waals surface area contributed by atoms with Crippen LogP contribution in [0.15, 0.2) is 24.3 Å². The van der Waals surface area contributed by atoms with Crippen LogP contribution >= 0.6 is 0 Å². The molecular weight excluding hydrogens is 257 g/mol. The van der Waals surface area contributed by atoms with Crippen molar-refractivity contribution in [3.05, 3.63) is 35.6 Å². The summed E-state index contributed by atoms with van der Waals surface area (Å²) >= 11 is 0. The number of halogens is 1. The molecule has 0 unspecified atom stereocenters. The molecule has 3 atom stereocenters. The Hall–Kier alpha value is -0.970. The van der Waals surface area contributed by atoms with Crippen molar-refractivity contribution in [2.75, 3.05) is 20.3 Å². The van der Waals surface area contributed by atoms with Crippen molar-refractivity contribution in [1.82, 2.24) is 4.90 Å². The Morgan fingerprint density at radius 3 is 2.80 bits per heavy atom. The van der Waals surface area contributed by atoms with Gasteiger partial charge in [-0.3, -0.25) is 4.90 Å². The average molecular weight is 279 g/mol. The summed E-state index contributed by atoms with van der Waals surface area (Å²) in [5.41, 5.74) is 1.17. The Morgan fingerprint density at radius 2 is 2.05 bits per heavy atom. The van der Waals surface area contributed by atoms with E-state index in [4.69, 9.17) is 9.47 Å². The molecule has 0 amide bonds. The fourth-order valence-corrected chi connectivity index (χ4v) is 3.41. The summed E-state index contributed by atoms with van der Waals surface area (Å²) in [6.07, 6.45) is 3.91. The molecule has 2 aliphatic rings. The summed E-state index contributed by atoms with van der Waals surface area (Å²) in [5.74, 6) is -0.170. The molecule has 0 N–H and O–H groups in total. The van der Waals surface area contributed by atoms with Crippen molar-refractivity contribution in [3.63, 3.8) is 0 Å². The van der Waals surface area contributed by atoms with E-state index in [0.717, 1.165) is 25.9 Å². The molecule has 20 heavy (non-hydrogen) atoms. The second-order valence-corrected chi connectivity index (χ2v) is 5.78. The van der Waals surface area contributed by atoms with E-state index in [1.165, 1.54) is 24.1 Å². The molecule has 0 spiro atoms. The van der Waals surface area contributed by atoms with Crippen LogP contribution in [0.25, 0.3) is 0 Å². The molecular formula is C16H22FNO2. The Morgan fingerprint density at radius 1 is 1.25 bits per heavy atom. The monoisotopic (exact) mass is 279 g/mol. The molecule has 1 aromatic carbocycles. The topological polar surface area (TPSA) is 21.7 Å². The van der Waals surface area contributed by atoms with Gasteiger partial charge in [-0.2, -0.15) is 0 Å². The molecule has 0 aliphatic carbocycles. The summed E-state index contributed by atoms with van der Waals surface area (Å²) in [6, 6.07) is 7.33. The SMILES string of the molecule is COC[C@@H]1CC[C@H]2[C@H](CCN2Cc2ccc(F)cc2)O1. The maximum atomic E-state index is 12.9. The first-order valence-electron chi connectivity index (χ1n) is 7.39. The molecule has 4 heteroatoms. The van der Waals surface area contributed by atoms with E-state index in [2.05, 4.69) is 4.90 Å². The lowest BCUT2D eigenvalue weighted by molar-refractivity contribution is -0.0938. The summed E-state index contributed by atoms with van der Waals surface area (Å²) in [4.78, 5) is 2.47. The zero-order chi connectivity index (χ0) is 13.9. The van der Waals surface area contributed by atoms with Gasteiger partial charge in [0.15, 0.2) is 0 Å². The van der Waals surface area contributed by atoms with Crippen LogP contribution in [0.4, 0.5) is 4.39 Å². The molecule has 2 fully saturated rings. The molecule has 0 bridgehead atoms. The van der Waals surface area contributed by atoms with E-state index in [1.807, 2.05) is 12.1 Å². The van der Waals surface area contributed by atoms with Crippen LogP contribution in [0.3, 0.4) is 0 Å². The number of ether oxygens (including phenoxy) is 2. The average Bonchev–Trinajstić information content (AvgIpc) is 2.84. The van der Waals surface area contributed by atoms with Gasteiger partial charge in [0.2, 0.25) is 0 Å². The van der Waals surface area contributed by atoms with Crippen molar-refractivity contribution in [1.29, 1.82) is 0 Å². The number of methoxy groups -OCH3 is 1. The van der Waals surface area contributed by atoms with E-state index in [1.54, 1.807) is 7.11 Å². The Balaban J connectivity index is 1.59. The van der Waals surface area contributed by atoms with Crippen LogP contribution < -0.4 is 0 Å². The maximum absolute atomic E-state index is 12.9. The second kappa shape index (κ2) is 6.20. The predicted molar refractivity (Wildman–Crippen MR) is 75.0 cm³/mol.